The molecule has 2 nitrogen and oxygen atoms in total. The van der Waals surface area contributed by atoms with Crippen LogP contribution in [0.25, 0.3) is 0 Å². The fourth-order valence-electron chi connectivity index (χ4n) is 3.41. The van der Waals surface area contributed by atoms with Gasteiger partial charge in [0, 0.05) is 7.11 Å². The second-order valence-corrected chi connectivity index (χ2v) is 5.95. The van der Waals surface area contributed by atoms with E-state index in [2.05, 4.69) is 6.92 Å². The zero-order chi connectivity index (χ0) is 14.0. The van der Waals surface area contributed by atoms with Crippen molar-refractivity contribution in [3.05, 3.63) is 35.1 Å². The molecule has 106 valence electrons. The Labute approximate surface area is 115 Å². The van der Waals surface area contributed by atoms with Gasteiger partial charge in [0.15, 0.2) is 0 Å². The van der Waals surface area contributed by atoms with Crippen LogP contribution in [0.4, 0.5) is 4.39 Å². The van der Waals surface area contributed by atoms with Crippen molar-refractivity contribution in [1.29, 1.82) is 0 Å². The lowest BCUT2D eigenvalue weighted by Gasteiger charge is -2.43. The van der Waals surface area contributed by atoms with E-state index in [0.29, 0.717) is 5.92 Å². The normalized spacial score (nSPS) is 29.2. The maximum absolute atomic E-state index is 13.2. The standard InChI is InChI=1S/C16H24FNO/c1-11-5-4-8-16(10-11,19-3)15(18)14-7-6-13(17)9-12(14)2/h6-7,9,11,15H,4-5,8,10,18H2,1-3H3. The molecule has 3 heteroatoms. The Hall–Kier alpha value is -0.930. The van der Waals surface area contributed by atoms with Gasteiger partial charge in [-0.15, -0.1) is 0 Å². The van der Waals surface area contributed by atoms with Gasteiger partial charge in [0.2, 0.25) is 0 Å². The van der Waals surface area contributed by atoms with Crippen LogP contribution in [0.5, 0.6) is 0 Å². The summed E-state index contributed by atoms with van der Waals surface area (Å²) in [7, 11) is 1.75. The highest BCUT2D eigenvalue weighted by Crippen LogP contribution is 2.42. The van der Waals surface area contributed by atoms with Crippen molar-refractivity contribution in [3.8, 4) is 0 Å². The minimum absolute atomic E-state index is 0.194. The molecular formula is C16H24FNO. The van der Waals surface area contributed by atoms with Crippen molar-refractivity contribution in [2.75, 3.05) is 7.11 Å². The molecular weight excluding hydrogens is 241 g/mol. The molecule has 0 bridgehead atoms. The quantitative estimate of drug-likeness (QED) is 0.903. The van der Waals surface area contributed by atoms with Crippen LogP contribution >= 0.6 is 0 Å². The number of hydrogen-bond acceptors (Lipinski definition) is 2. The number of ether oxygens (including phenoxy) is 1. The zero-order valence-corrected chi connectivity index (χ0v) is 12.1. The number of halogens is 1. The first-order chi connectivity index (χ1) is 8.98. The molecule has 1 aromatic rings. The van der Waals surface area contributed by atoms with E-state index in [-0.39, 0.29) is 17.5 Å². The van der Waals surface area contributed by atoms with Crippen LogP contribution in [0.3, 0.4) is 0 Å². The zero-order valence-electron chi connectivity index (χ0n) is 12.1. The lowest BCUT2D eigenvalue weighted by Crippen LogP contribution is -2.46. The van der Waals surface area contributed by atoms with Gasteiger partial charge >= 0.3 is 0 Å². The Morgan fingerprint density at radius 3 is 2.79 bits per heavy atom. The van der Waals surface area contributed by atoms with E-state index in [0.717, 1.165) is 30.4 Å². The SMILES string of the molecule is COC1(C(N)c2ccc(F)cc2C)CCCC(C)C1. The van der Waals surface area contributed by atoms with E-state index in [1.165, 1.54) is 12.5 Å². The number of rotatable bonds is 3. The molecule has 0 aliphatic heterocycles. The predicted octanol–water partition coefficient (Wildman–Crippen LogP) is 3.73. The largest absolute Gasteiger partial charge is 0.376 e. The topological polar surface area (TPSA) is 35.2 Å². The third-order valence-corrected chi connectivity index (χ3v) is 4.53. The highest BCUT2D eigenvalue weighted by Gasteiger charge is 2.41. The van der Waals surface area contributed by atoms with Gasteiger partial charge in [0.1, 0.15) is 5.82 Å². The monoisotopic (exact) mass is 265 g/mol. The maximum Gasteiger partial charge on any atom is 0.123 e. The van der Waals surface area contributed by atoms with Gasteiger partial charge < -0.3 is 10.5 Å². The van der Waals surface area contributed by atoms with Crippen molar-refractivity contribution in [1.82, 2.24) is 0 Å². The fraction of sp³-hybridized carbons (Fsp3) is 0.625. The first-order valence-corrected chi connectivity index (χ1v) is 7.05. The molecule has 1 aliphatic rings. The average molecular weight is 265 g/mol. The second-order valence-electron chi connectivity index (χ2n) is 5.95. The van der Waals surface area contributed by atoms with Crippen LogP contribution in [-0.4, -0.2) is 12.7 Å². The second kappa shape index (κ2) is 5.59. The Kier molecular flexibility index (Phi) is 4.26. The molecule has 0 saturated heterocycles. The molecule has 1 saturated carbocycles. The summed E-state index contributed by atoms with van der Waals surface area (Å²) in [5.74, 6) is 0.414. The summed E-state index contributed by atoms with van der Waals surface area (Å²) >= 11 is 0. The van der Waals surface area contributed by atoms with Crippen LogP contribution in [0.1, 0.15) is 49.8 Å². The summed E-state index contributed by atoms with van der Waals surface area (Å²) in [5, 5.41) is 0. The predicted molar refractivity (Wildman–Crippen MR) is 75.4 cm³/mol. The molecule has 2 N–H and O–H groups in total. The van der Waals surface area contributed by atoms with Gasteiger partial charge in [-0.1, -0.05) is 25.8 Å². The van der Waals surface area contributed by atoms with Crippen LogP contribution in [0.15, 0.2) is 18.2 Å². The summed E-state index contributed by atoms with van der Waals surface area (Å²) in [6.07, 6.45) is 4.33. The van der Waals surface area contributed by atoms with Gasteiger partial charge in [-0.3, -0.25) is 0 Å². The Morgan fingerprint density at radius 1 is 1.47 bits per heavy atom. The summed E-state index contributed by atoms with van der Waals surface area (Å²) in [6.45, 7) is 4.16. The summed E-state index contributed by atoms with van der Waals surface area (Å²) in [6, 6.07) is 4.64. The molecule has 1 aliphatic carbocycles. The Balaban J connectivity index is 2.32. The average Bonchev–Trinajstić information content (AvgIpc) is 2.38. The molecule has 0 radical (unpaired) electrons. The summed E-state index contributed by atoms with van der Waals surface area (Å²) in [5.41, 5.74) is 8.08. The fourth-order valence-corrected chi connectivity index (χ4v) is 3.41. The lowest BCUT2D eigenvalue weighted by molar-refractivity contribution is -0.0719. The van der Waals surface area contributed by atoms with Crippen LogP contribution in [-0.2, 0) is 4.74 Å². The number of nitrogens with two attached hydrogens (primary N) is 1. The molecule has 1 aromatic carbocycles. The third-order valence-electron chi connectivity index (χ3n) is 4.53. The Morgan fingerprint density at radius 2 is 2.21 bits per heavy atom. The first-order valence-electron chi connectivity index (χ1n) is 7.05. The van der Waals surface area contributed by atoms with Crippen molar-refractivity contribution in [2.45, 2.75) is 51.2 Å². The molecule has 3 atom stereocenters. The minimum Gasteiger partial charge on any atom is -0.376 e. The van der Waals surface area contributed by atoms with Crippen molar-refractivity contribution in [3.63, 3.8) is 0 Å². The van der Waals surface area contributed by atoms with Gasteiger partial charge in [0.05, 0.1) is 11.6 Å². The lowest BCUT2D eigenvalue weighted by atomic mass is 9.72. The van der Waals surface area contributed by atoms with E-state index in [9.17, 15) is 4.39 Å². The molecule has 2 rings (SSSR count). The molecule has 0 heterocycles. The number of methoxy groups -OCH3 is 1. The molecule has 3 unspecified atom stereocenters. The highest BCUT2D eigenvalue weighted by atomic mass is 19.1. The van der Waals surface area contributed by atoms with Crippen molar-refractivity contribution < 1.29 is 9.13 Å². The molecule has 0 aromatic heterocycles. The van der Waals surface area contributed by atoms with Gasteiger partial charge in [-0.2, -0.15) is 0 Å². The van der Waals surface area contributed by atoms with Gasteiger partial charge in [-0.25, -0.2) is 4.39 Å². The van der Waals surface area contributed by atoms with Crippen LogP contribution in [0, 0.1) is 18.7 Å². The number of aryl methyl sites for hydroxylation is 1. The van der Waals surface area contributed by atoms with E-state index < -0.39 is 0 Å². The molecule has 0 spiro atoms. The molecule has 19 heavy (non-hydrogen) atoms. The first kappa shape index (κ1) is 14.5. The highest BCUT2D eigenvalue weighted by molar-refractivity contribution is 5.31. The van der Waals surface area contributed by atoms with Crippen molar-refractivity contribution in [2.24, 2.45) is 11.7 Å². The Bertz CT molecular complexity index is 448. The maximum atomic E-state index is 13.2. The van der Waals surface area contributed by atoms with E-state index in [1.54, 1.807) is 19.2 Å². The minimum atomic E-state index is -0.305. The smallest absolute Gasteiger partial charge is 0.123 e. The summed E-state index contributed by atoms with van der Waals surface area (Å²) in [4.78, 5) is 0. The van der Waals surface area contributed by atoms with Gasteiger partial charge in [-0.05, 0) is 48.9 Å². The number of benzene rings is 1. The van der Waals surface area contributed by atoms with E-state index in [1.807, 2.05) is 6.92 Å². The third kappa shape index (κ3) is 2.82. The van der Waals surface area contributed by atoms with Gasteiger partial charge in [0.25, 0.3) is 0 Å². The van der Waals surface area contributed by atoms with Crippen molar-refractivity contribution >= 4 is 0 Å². The molecule has 0 amide bonds. The van der Waals surface area contributed by atoms with Crippen LogP contribution in [0.2, 0.25) is 0 Å². The molecule has 1 fully saturated rings. The van der Waals surface area contributed by atoms with E-state index in [4.69, 9.17) is 10.5 Å². The number of hydrogen-bond donors (Lipinski definition) is 1. The van der Waals surface area contributed by atoms with E-state index >= 15 is 0 Å². The summed E-state index contributed by atoms with van der Waals surface area (Å²) < 4.78 is 19.1. The van der Waals surface area contributed by atoms with Crippen LogP contribution < -0.4 is 5.73 Å².